The first kappa shape index (κ1) is 12.7. The van der Waals surface area contributed by atoms with Crippen LogP contribution in [0.4, 0.5) is 0 Å². The Kier molecular flexibility index (Phi) is 7.09. The Morgan fingerprint density at radius 2 is 2.29 bits per heavy atom. The van der Waals surface area contributed by atoms with Crippen molar-refractivity contribution >= 4 is 23.4 Å². The standard InChI is InChI=1S/C11H22ClNS/c1-2-14-8-4-7-13-9-10-5-3-6-11(10)12/h10-11,13H,2-9H2,1H3. The van der Waals surface area contributed by atoms with E-state index in [2.05, 4.69) is 12.2 Å². The van der Waals surface area contributed by atoms with Crippen LogP contribution in [0.2, 0.25) is 0 Å². The van der Waals surface area contributed by atoms with Crippen LogP contribution in [0.3, 0.4) is 0 Å². The fourth-order valence-corrected chi connectivity index (χ4v) is 2.96. The molecule has 3 heteroatoms. The molecule has 0 heterocycles. The van der Waals surface area contributed by atoms with Gasteiger partial charge in [-0.25, -0.2) is 0 Å². The van der Waals surface area contributed by atoms with Crippen LogP contribution in [0.1, 0.15) is 32.6 Å². The van der Waals surface area contributed by atoms with Gasteiger partial charge in [0.2, 0.25) is 0 Å². The van der Waals surface area contributed by atoms with Gasteiger partial charge < -0.3 is 5.32 Å². The lowest BCUT2D eigenvalue weighted by Gasteiger charge is -2.14. The summed E-state index contributed by atoms with van der Waals surface area (Å²) >= 11 is 8.22. The minimum Gasteiger partial charge on any atom is -0.316 e. The van der Waals surface area contributed by atoms with E-state index in [4.69, 9.17) is 11.6 Å². The molecule has 0 saturated heterocycles. The predicted molar refractivity (Wildman–Crippen MR) is 67.5 cm³/mol. The summed E-state index contributed by atoms with van der Waals surface area (Å²) < 4.78 is 0. The Morgan fingerprint density at radius 3 is 2.93 bits per heavy atom. The summed E-state index contributed by atoms with van der Waals surface area (Å²) in [4.78, 5) is 0. The van der Waals surface area contributed by atoms with Crippen molar-refractivity contribution in [2.75, 3.05) is 24.6 Å². The quantitative estimate of drug-likeness (QED) is 0.538. The van der Waals surface area contributed by atoms with Gasteiger partial charge in [-0.1, -0.05) is 13.3 Å². The van der Waals surface area contributed by atoms with Gasteiger partial charge in [0.1, 0.15) is 0 Å². The smallest absolute Gasteiger partial charge is 0.0376 e. The average Bonchev–Trinajstić information content (AvgIpc) is 2.58. The maximum atomic E-state index is 6.20. The summed E-state index contributed by atoms with van der Waals surface area (Å²) in [6.07, 6.45) is 5.16. The van der Waals surface area contributed by atoms with Gasteiger partial charge in [-0.3, -0.25) is 0 Å². The predicted octanol–water partition coefficient (Wildman–Crippen LogP) is 3.13. The van der Waals surface area contributed by atoms with Crippen LogP contribution < -0.4 is 5.32 Å². The molecule has 14 heavy (non-hydrogen) atoms. The van der Waals surface area contributed by atoms with Gasteiger partial charge in [-0.05, 0) is 49.8 Å². The van der Waals surface area contributed by atoms with Crippen LogP contribution >= 0.6 is 23.4 Å². The molecule has 1 aliphatic rings. The molecule has 0 amide bonds. The third kappa shape index (κ3) is 4.90. The molecule has 0 aromatic rings. The van der Waals surface area contributed by atoms with Gasteiger partial charge in [0.25, 0.3) is 0 Å². The van der Waals surface area contributed by atoms with Crippen LogP contribution in [0.5, 0.6) is 0 Å². The van der Waals surface area contributed by atoms with Crippen molar-refractivity contribution in [1.29, 1.82) is 0 Å². The second-order valence-corrected chi connectivity index (χ2v) is 5.92. The van der Waals surface area contributed by atoms with Crippen molar-refractivity contribution in [2.24, 2.45) is 5.92 Å². The zero-order valence-electron chi connectivity index (χ0n) is 9.10. The van der Waals surface area contributed by atoms with E-state index in [9.17, 15) is 0 Å². The Morgan fingerprint density at radius 1 is 1.43 bits per heavy atom. The van der Waals surface area contributed by atoms with Crippen LogP contribution in [0, 0.1) is 5.92 Å². The lowest BCUT2D eigenvalue weighted by molar-refractivity contribution is 0.495. The molecule has 1 saturated carbocycles. The number of halogens is 1. The van der Waals surface area contributed by atoms with Crippen LogP contribution in [-0.4, -0.2) is 30.0 Å². The summed E-state index contributed by atoms with van der Waals surface area (Å²) in [5, 5.41) is 3.96. The van der Waals surface area contributed by atoms with E-state index in [0.29, 0.717) is 5.38 Å². The summed E-state index contributed by atoms with van der Waals surface area (Å²) in [5.41, 5.74) is 0. The second-order valence-electron chi connectivity index (χ2n) is 3.96. The first-order valence-electron chi connectivity index (χ1n) is 5.77. The highest BCUT2D eigenvalue weighted by molar-refractivity contribution is 7.99. The van der Waals surface area contributed by atoms with Crippen LogP contribution in [-0.2, 0) is 0 Å². The number of thioether (sulfide) groups is 1. The molecule has 2 unspecified atom stereocenters. The first-order valence-corrected chi connectivity index (χ1v) is 7.36. The summed E-state index contributed by atoms with van der Waals surface area (Å²) in [7, 11) is 0. The third-order valence-corrected chi connectivity index (χ3v) is 4.38. The summed E-state index contributed by atoms with van der Waals surface area (Å²) in [6, 6.07) is 0. The second kappa shape index (κ2) is 7.84. The van der Waals surface area contributed by atoms with Crippen molar-refractivity contribution < 1.29 is 0 Å². The fraction of sp³-hybridized carbons (Fsp3) is 1.00. The topological polar surface area (TPSA) is 12.0 Å². The molecule has 1 N–H and O–H groups in total. The van der Waals surface area contributed by atoms with E-state index in [0.717, 1.165) is 19.0 Å². The Hall–Kier alpha value is 0.600. The van der Waals surface area contributed by atoms with Crippen LogP contribution in [0.25, 0.3) is 0 Å². The van der Waals surface area contributed by atoms with Crippen molar-refractivity contribution in [3.63, 3.8) is 0 Å². The average molecular weight is 236 g/mol. The lowest BCUT2D eigenvalue weighted by Crippen LogP contribution is -2.26. The molecule has 0 bridgehead atoms. The fourth-order valence-electron chi connectivity index (χ4n) is 1.95. The molecule has 2 atom stereocenters. The van der Waals surface area contributed by atoms with E-state index in [1.54, 1.807) is 0 Å². The zero-order chi connectivity index (χ0) is 10.2. The SMILES string of the molecule is CCSCCCNCC1CCCC1Cl. The molecule has 1 rings (SSSR count). The summed E-state index contributed by atoms with van der Waals surface area (Å²) in [5.74, 6) is 3.26. The van der Waals surface area contributed by atoms with Gasteiger partial charge >= 0.3 is 0 Å². The van der Waals surface area contributed by atoms with Gasteiger partial charge in [-0.2, -0.15) is 11.8 Å². The molecular weight excluding hydrogens is 214 g/mol. The molecule has 0 aromatic heterocycles. The molecule has 0 aromatic carbocycles. The van der Waals surface area contributed by atoms with E-state index in [1.165, 1.54) is 37.2 Å². The Balaban J connectivity index is 1.88. The molecule has 0 aliphatic heterocycles. The lowest BCUT2D eigenvalue weighted by atomic mass is 10.1. The molecule has 1 fully saturated rings. The highest BCUT2D eigenvalue weighted by atomic mass is 35.5. The number of hydrogen-bond acceptors (Lipinski definition) is 2. The van der Waals surface area contributed by atoms with E-state index in [-0.39, 0.29) is 0 Å². The van der Waals surface area contributed by atoms with Gasteiger partial charge in [0.05, 0.1) is 0 Å². The highest BCUT2D eigenvalue weighted by Crippen LogP contribution is 2.29. The maximum Gasteiger partial charge on any atom is 0.0376 e. The molecule has 0 radical (unpaired) electrons. The number of rotatable bonds is 7. The van der Waals surface area contributed by atoms with Gasteiger partial charge in [-0.15, -0.1) is 11.6 Å². The van der Waals surface area contributed by atoms with Crippen molar-refractivity contribution in [3.05, 3.63) is 0 Å². The van der Waals surface area contributed by atoms with Crippen molar-refractivity contribution in [1.82, 2.24) is 5.32 Å². The van der Waals surface area contributed by atoms with Gasteiger partial charge in [0, 0.05) is 5.38 Å². The monoisotopic (exact) mass is 235 g/mol. The van der Waals surface area contributed by atoms with Gasteiger partial charge in [0.15, 0.2) is 0 Å². The minimum absolute atomic E-state index is 0.438. The molecule has 1 nitrogen and oxygen atoms in total. The van der Waals surface area contributed by atoms with E-state index in [1.807, 2.05) is 11.8 Å². The molecular formula is C11H22ClNS. The summed E-state index contributed by atoms with van der Waals surface area (Å²) in [6.45, 7) is 4.51. The Labute approximate surface area is 97.4 Å². The highest BCUT2D eigenvalue weighted by Gasteiger charge is 2.24. The van der Waals surface area contributed by atoms with E-state index < -0.39 is 0 Å². The molecule has 1 aliphatic carbocycles. The molecule has 84 valence electrons. The van der Waals surface area contributed by atoms with E-state index >= 15 is 0 Å². The Bertz CT molecular complexity index is 143. The van der Waals surface area contributed by atoms with Crippen LogP contribution in [0.15, 0.2) is 0 Å². The largest absolute Gasteiger partial charge is 0.316 e. The first-order chi connectivity index (χ1) is 6.84. The third-order valence-electron chi connectivity index (χ3n) is 2.82. The van der Waals surface area contributed by atoms with Crippen molar-refractivity contribution in [2.45, 2.75) is 38.0 Å². The number of alkyl halides is 1. The minimum atomic E-state index is 0.438. The number of hydrogen-bond donors (Lipinski definition) is 1. The maximum absolute atomic E-state index is 6.20. The normalized spacial score (nSPS) is 27.0. The zero-order valence-corrected chi connectivity index (χ0v) is 10.7. The van der Waals surface area contributed by atoms with Crippen molar-refractivity contribution in [3.8, 4) is 0 Å². The number of nitrogens with one attached hydrogen (secondary N) is 1. The molecule has 0 spiro atoms.